The first kappa shape index (κ1) is 18.8. The Morgan fingerprint density at radius 2 is 1.26 bits per heavy atom. The molecular formula is C24H27NO2. The van der Waals surface area contributed by atoms with E-state index in [9.17, 15) is 0 Å². The molecule has 0 aliphatic carbocycles. The van der Waals surface area contributed by atoms with Crippen molar-refractivity contribution in [2.45, 2.75) is 39.7 Å². The molecule has 3 heteroatoms. The van der Waals surface area contributed by atoms with Crippen molar-refractivity contribution in [3.05, 3.63) is 78.4 Å². The zero-order chi connectivity index (χ0) is 19.3. The molecule has 0 amide bonds. The zero-order valence-electron chi connectivity index (χ0n) is 16.5. The Kier molecular flexibility index (Phi) is 5.70. The third-order valence-electron chi connectivity index (χ3n) is 4.52. The number of hydrogen-bond acceptors (Lipinski definition) is 3. The lowest BCUT2D eigenvalue weighted by Crippen LogP contribution is -2.29. The van der Waals surface area contributed by atoms with Gasteiger partial charge in [-0.2, -0.15) is 0 Å². The molecule has 0 unspecified atom stereocenters. The second-order valence-electron chi connectivity index (χ2n) is 7.38. The van der Waals surface area contributed by atoms with E-state index < -0.39 is 0 Å². The fourth-order valence-electron chi connectivity index (χ4n) is 2.57. The number of benzene rings is 3. The van der Waals surface area contributed by atoms with Gasteiger partial charge in [0.25, 0.3) is 0 Å². The topological polar surface area (TPSA) is 30.5 Å². The molecule has 1 N–H and O–H groups in total. The molecule has 0 atom stereocenters. The first-order valence-corrected chi connectivity index (χ1v) is 9.34. The van der Waals surface area contributed by atoms with Gasteiger partial charge < -0.3 is 14.8 Å². The first-order chi connectivity index (χ1) is 12.9. The summed E-state index contributed by atoms with van der Waals surface area (Å²) < 4.78 is 11.9. The number of rotatable bonds is 7. The normalized spacial score (nSPS) is 11.1. The standard InChI is InChI=1S/C24H27NO2/c1-5-24(3,4)25-19-11-15-21(16-12-19)27-23-8-6-7-22(17-23)26-20-13-9-18(2)10-14-20/h6-17,25H,5H2,1-4H3. The number of ether oxygens (including phenoxy) is 2. The van der Waals surface area contributed by atoms with E-state index in [1.54, 1.807) is 0 Å². The molecule has 140 valence electrons. The highest BCUT2D eigenvalue weighted by molar-refractivity contribution is 5.49. The van der Waals surface area contributed by atoms with Crippen LogP contribution in [0.25, 0.3) is 0 Å². The molecule has 3 rings (SSSR count). The Hall–Kier alpha value is -2.94. The average molecular weight is 361 g/mol. The summed E-state index contributed by atoms with van der Waals surface area (Å²) in [6.07, 6.45) is 1.05. The van der Waals surface area contributed by atoms with Gasteiger partial charge in [-0.05, 0) is 75.7 Å². The van der Waals surface area contributed by atoms with E-state index in [-0.39, 0.29) is 5.54 Å². The largest absolute Gasteiger partial charge is 0.457 e. The maximum absolute atomic E-state index is 5.98. The fraction of sp³-hybridized carbons (Fsp3) is 0.250. The van der Waals surface area contributed by atoms with Crippen LogP contribution in [-0.4, -0.2) is 5.54 Å². The third kappa shape index (κ3) is 5.52. The molecule has 0 saturated carbocycles. The van der Waals surface area contributed by atoms with Gasteiger partial charge in [-0.1, -0.05) is 30.7 Å². The second-order valence-corrected chi connectivity index (χ2v) is 7.38. The van der Waals surface area contributed by atoms with Crippen LogP contribution >= 0.6 is 0 Å². The van der Waals surface area contributed by atoms with Crippen LogP contribution in [0.2, 0.25) is 0 Å². The number of hydrogen-bond donors (Lipinski definition) is 1. The molecular weight excluding hydrogens is 334 g/mol. The minimum Gasteiger partial charge on any atom is -0.457 e. The van der Waals surface area contributed by atoms with Gasteiger partial charge in [0.2, 0.25) is 0 Å². The zero-order valence-corrected chi connectivity index (χ0v) is 16.5. The fourth-order valence-corrected chi connectivity index (χ4v) is 2.57. The summed E-state index contributed by atoms with van der Waals surface area (Å²) in [5.41, 5.74) is 2.37. The molecule has 27 heavy (non-hydrogen) atoms. The molecule has 0 fully saturated rings. The van der Waals surface area contributed by atoms with E-state index in [4.69, 9.17) is 9.47 Å². The summed E-state index contributed by atoms with van der Waals surface area (Å²) in [6, 6.07) is 23.7. The quantitative estimate of drug-likeness (QED) is 0.483. The van der Waals surface area contributed by atoms with Crippen molar-refractivity contribution in [1.82, 2.24) is 0 Å². The van der Waals surface area contributed by atoms with E-state index in [2.05, 4.69) is 33.0 Å². The molecule has 0 heterocycles. The average Bonchev–Trinajstić information content (AvgIpc) is 2.65. The summed E-state index contributed by atoms with van der Waals surface area (Å²) >= 11 is 0. The predicted molar refractivity (Wildman–Crippen MR) is 112 cm³/mol. The highest BCUT2D eigenvalue weighted by atomic mass is 16.5. The summed E-state index contributed by atoms with van der Waals surface area (Å²) in [4.78, 5) is 0. The van der Waals surface area contributed by atoms with E-state index in [1.165, 1.54) is 5.56 Å². The van der Waals surface area contributed by atoms with Gasteiger partial charge in [0.15, 0.2) is 0 Å². The van der Waals surface area contributed by atoms with Gasteiger partial charge >= 0.3 is 0 Å². The van der Waals surface area contributed by atoms with Crippen LogP contribution in [0, 0.1) is 6.92 Å². The summed E-state index contributed by atoms with van der Waals surface area (Å²) in [6.45, 7) is 8.62. The van der Waals surface area contributed by atoms with E-state index in [1.807, 2.05) is 72.8 Å². The van der Waals surface area contributed by atoms with Gasteiger partial charge in [-0.3, -0.25) is 0 Å². The lowest BCUT2D eigenvalue weighted by molar-refractivity contribution is 0.460. The van der Waals surface area contributed by atoms with Crippen LogP contribution in [0.4, 0.5) is 5.69 Å². The van der Waals surface area contributed by atoms with Crippen molar-refractivity contribution in [2.75, 3.05) is 5.32 Å². The molecule has 0 aromatic heterocycles. The third-order valence-corrected chi connectivity index (χ3v) is 4.52. The molecule has 0 aliphatic rings. The molecule has 0 bridgehead atoms. The summed E-state index contributed by atoms with van der Waals surface area (Å²) in [5, 5.41) is 3.52. The molecule has 3 aromatic carbocycles. The van der Waals surface area contributed by atoms with E-state index in [0.29, 0.717) is 0 Å². The monoisotopic (exact) mass is 361 g/mol. The second kappa shape index (κ2) is 8.17. The predicted octanol–water partition coefficient (Wildman–Crippen LogP) is 7.18. The van der Waals surface area contributed by atoms with Crippen LogP contribution in [-0.2, 0) is 0 Å². The molecule has 3 aromatic rings. The molecule has 0 radical (unpaired) electrons. The maximum Gasteiger partial charge on any atom is 0.131 e. The highest BCUT2D eigenvalue weighted by Crippen LogP contribution is 2.29. The van der Waals surface area contributed by atoms with Crippen molar-refractivity contribution >= 4 is 5.69 Å². The van der Waals surface area contributed by atoms with Crippen LogP contribution in [0.1, 0.15) is 32.8 Å². The minimum absolute atomic E-state index is 0.0734. The minimum atomic E-state index is 0.0734. The molecule has 0 saturated heterocycles. The Balaban J connectivity index is 1.66. The molecule has 0 aliphatic heterocycles. The van der Waals surface area contributed by atoms with Gasteiger partial charge in [0, 0.05) is 17.3 Å². The summed E-state index contributed by atoms with van der Waals surface area (Å²) in [5.74, 6) is 3.10. The van der Waals surface area contributed by atoms with Crippen LogP contribution in [0.5, 0.6) is 23.0 Å². The smallest absolute Gasteiger partial charge is 0.131 e. The van der Waals surface area contributed by atoms with Gasteiger partial charge in [-0.25, -0.2) is 0 Å². The van der Waals surface area contributed by atoms with Crippen LogP contribution < -0.4 is 14.8 Å². The number of aryl methyl sites for hydroxylation is 1. The Morgan fingerprint density at radius 1 is 0.741 bits per heavy atom. The van der Waals surface area contributed by atoms with Crippen molar-refractivity contribution in [3.63, 3.8) is 0 Å². The van der Waals surface area contributed by atoms with Crippen LogP contribution in [0.3, 0.4) is 0 Å². The molecule has 0 spiro atoms. The van der Waals surface area contributed by atoms with Crippen molar-refractivity contribution in [1.29, 1.82) is 0 Å². The van der Waals surface area contributed by atoms with E-state index >= 15 is 0 Å². The van der Waals surface area contributed by atoms with Gasteiger partial charge in [-0.15, -0.1) is 0 Å². The number of nitrogens with one attached hydrogen (secondary N) is 1. The Morgan fingerprint density at radius 3 is 1.78 bits per heavy atom. The number of anilines is 1. The van der Waals surface area contributed by atoms with Gasteiger partial charge in [0.1, 0.15) is 23.0 Å². The lowest BCUT2D eigenvalue weighted by Gasteiger charge is -2.26. The van der Waals surface area contributed by atoms with Crippen molar-refractivity contribution < 1.29 is 9.47 Å². The maximum atomic E-state index is 5.98. The SMILES string of the molecule is CCC(C)(C)Nc1ccc(Oc2cccc(Oc3ccc(C)cc3)c2)cc1. The van der Waals surface area contributed by atoms with Gasteiger partial charge in [0.05, 0.1) is 0 Å². The Labute approximate surface area is 162 Å². The van der Waals surface area contributed by atoms with E-state index in [0.717, 1.165) is 35.1 Å². The van der Waals surface area contributed by atoms with Crippen LogP contribution in [0.15, 0.2) is 72.8 Å². The highest BCUT2D eigenvalue weighted by Gasteiger charge is 2.13. The summed E-state index contributed by atoms with van der Waals surface area (Å²) in [7, 11) is 0. The molecule has 3 nitrogen and oxygen atoms in total. The Bertz CT molecular complexity index is 868. The van der Waals surface area contributed by atoms with Crippen molar-refractivity contribution in [3.8, 4) is 23.0 Å². The van der Waals surface area contributed by atoms with Crippen molar-refractivity contribution in [2.24, 2.45) is 0 Å². The lowest BCUT2D eigenvalue weighted by atomic mass is 10.0. The first-order valence-electron chi connectivity index (χ1n) is 9.34.